The lowest BCUT2D eigenvalue weighted by molar-refractivity contribution is 0.0712. The summed E-state index contributed by atoms with van der Waals surface area (Å²) in [4.78, 5) is 6.84. The van der Waals surface area contributed by atoms with Crippen LogP contribution in [0.2, 0.25) is 0 Å². The molecule has 184 valence electrons. The van der Waals surface area contributed by atoms with Gasteiger partial charge in [0.05, 0.1) is 11.3 Å². The monoisotopic (exact) mass is 482 g/mol. The number of benzene rings is 1. The quantitative estimate of drug-likeness (QED) is 0.548. The maximum absolute atomic E-state index is 14.5. The van der Waals surface area contributed by atoms with E-state index in [9.17, 15) is 8.78 Å². The molecule has 3 aromatic rings. The minimum atomic E-state index is -1.05. The zero-order chi connectivity index (χ0) is 24.5. The van der Waals surface area contributed by atoms with Gasteiger partial charge in [0.2, 0.25) is 0 Å². The molecule has 0 amide bonds. The summed E-state index contributed by atoms with van der Waals surface area (Å²) in [5.41, 5.74) is 11.5. The number of piperidine rings is 1. The van der Waals surface area contributed by atoms with Crippen molar-refractivity contribution >= 4 is 11.5 Å². The molecule has 10 nitrogen and oxygen atoms in total. The molecule has 0 bridgehead atoms. The van der Waals surface area contributed by atoms with Crippen molar-refractivity contribution in [2.45, 2.75) is 32.2 Å². The normalized spacial score (nSPS) is 17.3. The maximum atomic E-state index is 14.5. The van der Waals surface area contributed by atoms with Crippen LogP contribution < -0.4 is 11.3 Å². The number of rotatable bonds is 6. The van der Waals surface area contributed by atoms with Crippen molar-refractivity contribution in [2.24, 2.45) is 0 Å². The molecule has 0 spiro atoms. The van der Waals surface area contributed by atoms with Gasteiger partial charge in [-0.1, -0.05) is 13.0 Å². The fourth-order valence-electron chi connectivity index (χ4n) is 4.63. The highest BCUT2D eigenvalue weighted by atomic mass is 19.2. The van der Waals surface area contributed by atoms with Gasteiger partial charge in [-0.25, -0.2) is 13.8 Å². The lowest BCUT2D eigenvalue weighted by Crippen LogP contribution is -2.49. The van der Waals surface area contributed by atoms with Crippen LogP contribution in [0, 0.1) is 11.6 Å². The molecular formula is C23H28F2N10. The van der Waals surface area contributed by atoms with Gasteiger partial charge >= 0.3 is 0 Å². The summed E-state index contributed by atoms with van der Waals surface area (Å²) >= 11 is 0. The van der Waals surface area contributed by atoms with Crippen molar-refractivity contribution in [3.63, 3.8) is 0 Å². The first kappa shape index (κ1) is 23.1. The molecule has 2 aliphatic heterocycles. The van der Waals surface area contributed by atoms with E-state index < -0.39 is 11.6 Å². The van der Waals surface area contributed by atoms with Crippen molar-refractivity contribution in [3.05, 3.63) is 53.9 Å². The zero-order valence-electron chi connectivity index (χ0n) is 19.7. The molecule has 12 heteroatoms. The molecule has 2 aliphatic rings. The first-order valence-electron chi connectivity index (χ1n) is 11.7. The molecule has 0 aliphatic carbocycles. The highest BCUT2D eigenvalue weighted by Gasteiger charge is 2.29. The molecule has 3 N–H and O–H groups in total. The Hall–Kier alpha value is -3.64. The number of tetrazole rings is 1. The number of hydrogen-bond acceptors (Lipinski definition) is 9. The number of anilines is 1. The number of hydrogen-bond donors (Lipinski definition) is 2. The maximum Gasteiger partial charge on any atom is 0.190 e. The molecule has 0 atom stereocenters. The number of nitrogens with zero attached hydrogens (tertiary/aromatic N) is 8. The van der Waals surface area contributed by atoms with E-state index in [1.807, 2.05) is 12.1 Å². The average Bonchev–Trinajstić information content (AvgIpc) is 3.49. The number of aromatic nitrogens is 5. The Morgan fingerprint density at radius 2 is 2.00 bits per heavy atom. The second kappa shape index (κ2) is 9.55. The van der Waals surface area contributed by atoms with E-state index in [0.717, 1.165) is 54.5 Å². The lowest BCUT2D eigenvalue weighted by atomic mass is 10.0. The predicted octanol–water partition coefficient (Wildman–Crippen LogP) is 2.42. The number of likely N-dealkylation sites (tertiary alicyclic amines) is 1. The summed E-state index contributed by atoms with van der Waals surface area (Å²) in [6, 6.07) is 6.01. The summed E-state index contributed by atoms with van der Waals surface area (Å²) in [5.74, 6) is -1.70. The number of pyridine rings is 1. The molecule has 0 unspecified atom stereocenters. The van der Waals surface area contributed by atoms with Gasteiger partial charge in [-0.05, 0) is 54.4 Å². The topological polar surface area (TPSA) is 104 Å². The molecule has 1 fully saturated rings. The van der Waals surface area contributed by atoms with Crippen molar-refractivity contribution in [1.29, 1.82) is 0 Å². The number of halogens is 2. The molecular weight excluding hydrogens is 454 g/mol. The Balaban J connectivity index is 1.44. The van der Waals surface area contributed by atoms with Gasteiger partial charge < -0.3 is 10.6 Å². The zero-order valence-corrected chi connectivity index (χ0v) is 19.7. The molecule has 1 aromatic carbocycles. The third kappa shape index (κ3) is 4.42. The van der Waals surface area contributed by atoms with Crippen LogP contribution in [0.1, 0.15) is 31.7 Å². The lowest BCUT2D eigenvalue weighted by Gasteiger charge is -2.36. The van der Waals surface area contributed by atoms with E-state index in [4.69, 9.17) is 5.73 Å². The van der Waals surface area contributed by atoms with Gasteiger partial charge in [0.15, 0.2) is 17.5 Å². The molecule has 1 saturated heterocycles. The number of nitrogens with one attached hydrogen (secondary N) is 1. The van der Waals surface area contributed by atoms with Crippen molar-refractivity contribution in [2.75, 3.05) is 32.4 Å². The first-order chi connectivity index (χ1) is 17.0. The standard InChI is InChI=1S/C23H28F2N10/c1-3-9-33-10-7-16(8-11-33)34-14-20(32(2)31-34)15-12-17(22(26)27-13-15)23-28-29-30-35(23)19-6-4-5-18(24)21(19)25/h4-6,12-14,16,31H,3,7-11H2,1-2H3,(H2,26,27). The van der Waals surface area contributed by atoms with E-state index in [1.54, 1.807) is 12.3 Å². The summed E-state index contributed by atoms with van der Waals surface area (Å²) in [6.45, 7) is 5.51. The minimum Gasteiger partial charge on any atom is -0.383 e. The van der Waals surface area contributed by atoms with Crippen LogP contribution >= 0.6 is 0 Å². The molecule has 5 rings (SSSR count). The van der Waals surface area contributed by atoms with E-state index in [0.29, 0.717) is 11.6 Å². The fourth-order valence-corrected chi connectivity index (χ4v) is 4.63. The van der Waals surface area contributed by atoms with Crippen LogP contribution in [0.25, 0.3) is 22.8 Å². The second-order valence-electron chi connectivity index (χ2n) is 8.80. The minimum absolute atomic E-state index is 0.116. The van der Waals surface area contributed by atoms with Crippen LogP contribution in [0.5, 0.6) is 0 Å². The molecule has 0 radical (unpaired) electrons. The highest BCUT2D eigenvalue weighted by Crippen LogP contribution is 2.31. The predicted molar refractivity (Wildman–Crippen MR) is 127 cm³/mol. The van der Waals surface area contributed by atoms with Crippen LogP contribution in [0.3, 0.4) is 0 Å². The van der Waals surface area contributed by atoms with Crippen molar-refractivity contribution < 1.29 is 8.78 Å². The molecule has 4 heterocycles. The van der Waals surface area contributed by atoms with E-state index in [1.165, 1.54) is 18.6 Å². The number of nitrogens with two attached hydrogens (primary N) is 1. The SMILES string of the molecule is CCCN1CCC(N2C=C(c3cnc(N)c(-c4nnnn4-c4cccc(F)c4F)c3)N(C)N2)CC1. The van der Waals surface area contributed by atoms with Gasteiger partial charge in [0.25, 0.3) is 0 Å². The Morgan fingerprint density at radius 1 is 1.20 bits per heavy atom. The summed E-state index contributed by atoms with van der Waals surface area (Å²) in [5, 5.41) is 15.6. The largest absolute Gasteiger partial charge is 0.383 e. The smallest absolute Gasteiger partial charge is 0.190 e. The van der Waals surface area contributed by atoms with Crippen molar-refractivity contribution in [3.8, 4) is 17.1 Å². The molecule has 35 heavy (non-hydrogen) atoms. The van der Waals surface area contributed by atoms with Crippen LogP contribution in [-0.2, 0) is 0 Å². The molecule has 2 aromatic heterocycles. The Morgan fingerprint density at radius 3 is 2.77 bits per heavy atom. The third-order valence-electron chi connectivity index (χ3n) is 6.46. The third-order valence-corrected chi connectivity index (χ3v) is 6.46. The van der Waals surface area contributed by atoms with Gasteiger partial charge in [-0.3, -0.25) is 10.0 Å². The van der Waals surface area contributed by atoms with E-state index >= 15 is 0 Å². The number of nitrogen functional groups attached to an aromatic ring is 1. The summed E-state index contributed by atoms with van der Waals surface area (Å²) in [7, 11) is 1.93. The average molecular weight is 483 g/mol. The Bertz CT molecular complexity index is 1230. The van der Waals surface area contributed by atoms with E-state index in [2.05, 4.69) is 49.1 Å². The summed E-state index contributed by atoms with van der Waals surface area (Å²) in [6.07, 6.45) is 7.05. The fraction of sp³-hybridized carbons (Fsp3) is 0.391. The second-order valence-corrected chi connectivity index (χ2v) is 8.80. The van der Waals surface area contributed by atoms with Gasteiger partial charge in [-0.15, -0.1) is 10.6 Å². The Kier molecular flexibility index (Phi) is 6.31. The van der Waals surface area contributed by atoms with Crippen LogP contribution in [0.4, 0.5) is 14.6 Å². The summed E-state index contributed by atoms with van der Waals surface area (Å²) < 4.78 is 29.4. The van der Waals surface area contributed by atoms with Crippen molar-refractivity contribution in [1.82, 2.24) is 45.6 Å². The van der Waals surface area contributed by atoms with Gasteiger partial charge in [0.1, 0.15) is 11.5 Å². The number of hydrazine groups is 2. The highest BCUT2D eigenvalue weighted by molar-refractivity contribution is 5.75. The van der Waals surface area contributed by atoms with Crippen LogP contribution in [-0.4, -0.2) is 72.8 Å². The van der Waals surface area contributed by atoms with Crippen LogP contribution in [0.15, 0.2) is 36.7 Å². The van der Waals surface area contributed by atoms with Gasteiger partial charge in [-0.2, -0.15) is 4.68 Å². The van der Waals surface area contributed by atoms with E-state index in [-0.39, 0.29) is 17.3 Å². The Labute approximate surface area is 202 Å². The molecule has 0 saturated carbocycles. The van der Waals surface area contributed by atoms with Gasteiger partial charge in [0, 0.05) is 44.1 Å². The first-order valence-corrected chi connectivity index (χ1v) is 11.7.